The molecule has 0 saturated heterocycles. The van der Waals surface area contributed by atoms with Crippen LogP contribution in [-0.4, -0.2) is 24.0 Å². The summed E-state index contributed by atoms with van der Waals surface area (Å²) in [4.78, 5) is 12.3. The molecular formula is C13H17NO4. The monoisotopic (exact) mass is 251 g/mol. The van der Waals surface area contributed by atoms with E-state index in [0.717, 1.165) is 16.0 Å². The van der Waals surface area contributed by atoms with Crippen LogP contribution in [0, 0.1) is 6.92 Å². The Morgan fingerprint density at radius 1 is 1.44 bits per heavy atom. The van der Waals surface area contributed by atoms with Crippen molar-refractivity contribution in [3.8, 4) is 5.75 Å². The number of benzene rings is 1. The molecule has 1 aliphatic rings. The van der Waals surface area contributed by atoms with Crippen LogP contribution in [0.4, 0.5) is 10.5 Å². The Morgan fingerprint density at radius 3 is 2.72 bits per heavy atom. The van der Waals surface area contributed by atoms with E-state index in [-0.39, 0.29) is 0 Å². The highest BCUT2D eigenvalue weighted by molar-refractivity contribution is 5.88. The molecule has 18 heavy (non-hydrogen) atoms. The van der Waals surface area contributed by atoms with E-state index in [0.29, 0.717) is 18.0 Å². The summed E-state index contributed by atoms with van der Waals surface area (Å²) < 4.78 is 11.3. The Kier molecular flexibility index (Phi) is 2.94. The lowest BCUT2D eigenvalue weighted by Crippen LogP contribution is -2.37. The molecule has 0 aliphatic carbocycles. The van der Waals surface area contributed by atoms with Gasteiger partial charge in [-0.2, -0.15) is 0 Å². The van der Waals surface area contributed by atoms with E-state index >= 15 is 0 Å². The van der Waals surface area contributed by atoms with E-state index in [4.69, 9.17) is 14.6 Å². The number of rotatable bonds is 1. The number of carbonyl (C=O) groups is 1. The van der Waals surface area contributed by atoms with Gasteiger partial charge in [-0.3, -0.25) is 4.90 Å². The van der Waals surface area contributed by atoms with Crippen LogP contribution in [0.3, 0.4) is 0 Å². The maximum absolute atomic E-state index is 11.1. The lowest BCUT2D eigenvalue weighted by Gasteiger charge is -2.35. The molecule has 1 N–H and O–H groups in total. The van der Waals surface area contributed by atoms with Crippen molar-refractivity contribution in [1.82, 2.24) is 0 Å². The lowest BCUT2D eigenvalue weighted by molar-refractivity contribution is -0.179. The highest BCUT2D eigenvalue weighted by atomic mass is 16.7. The van der Waals surface area contributed by atoms with Crippen LogP contribution in [0.2, 0.25) is 0 Å². The second-order valence-corrected chi connectivity index (χ2v) is 4.90. The second kappa shape index (κ2) is 4.17. The Balaban J connectivity index is 2.53. The van der Waals surface area contributed by atoms with E-state index in [1.54, 1.807) is 19.9 Å². The molecule has 1 heterocycles. The zero-order valence-corrected chi connectivity index (χ0v) is 11.0. The molecule has 0 spiro atoms. The van der Waals surface area contributed by atoms with Gasteiger partial charge in [-0.05, 0) is 24.6 Å². The zero-order valence-electron chi connectivity index (χ0n) is 11.0. The van der Waals surface area contributed by atoms with Crippen molar-refractivity contribution >= 4 is 11.8 Å². The van der Waals surface area contributed by atoms with E-state index in [9.17, 15) is 4.79 Å². The summed E-state index contributed by atoms with van der Waals surface area (Å²) in [7, 11) is 1.50. The SMILES string of the molecule is Cc1cc2c(c(N(C)C(=O)O)c1)OC(C)(C)OC2. The first kappa shape index (κ1) is 12.7. The average Bonchev–Trinajstić information content (AvgIpc) is 2.27. The predicted molar refractivity (Wildman–Crippen MR) is 67.1 cm³/mol. The fourth-order valence-electron chi connectivity index (χ4n) is 1.93. The number of nitrogens with zero attached hydrogens (tertiary/aromatic N) is 1. The van der Waals surface area contributed by atoms with Gasteiger partial charge in [-0.25, -0.2) is 4.79 Å². The first-order valence-electron chi connectivity index (χ1n) is 5.73. The van der Waals surface area contributed by atoms with E-state index in [1.807, 2.05) is 13.0 Å². The molecule has 1 aliphatic heterocycles. The van der Waals surface area contributed by atoms with Crippen molar-refractivity contribution in [1.29, 1.82) is 0 Å². The topological polar surface area (TPSA) is 59.0 Å². The van der Waals surface area contributed by atoms with Gasteiger partial charge in [-0.15, -0.1) is 0 Å². The van der Waals surface area contributed by atoms with Gasteiger partial charge in [0.2, 0.25) is 5.79 Å². The summed E-state index contributed by atoms with van der Waals surface area (Å²) in [5, 5.41) is 9.10. The third-order valence-corrected chi connectivity index (χ3v) is 2.86. The van der Waals surface area contributed by atoms with Gasteiger partial charge in [0.15, 0.2) is 5.75 Å². The molecule has 1 aromatic carbocycles. The van der Waals surface area contributed by atoms with Gasteiger partial charge >= 0.3 is 6.09 Å². The molecule has 0 saturated carbocycles. The minimum atomic E-state index is -1.02. The maximum Gasteiger partial charge on any atom is 0.411 e. The van der Waals surface area contributed by atoms with Crippen molar-refractivity contribution in [3.05, 3.63) is 23.3 Å². The van der Waals surface area contributed by atoms with Crippen LogP contribution >= 0.6 is 0 Å². The second-order valence-electron chi connectivity index (χ2n) is 4.90. The van der Waals surface area contributed by atoms with Crippen LogP contribution in [0.5, 0.6) is 5.75 Å². The van der Waals surface area contributed by atoms with Crippen molar-refractivity contribution in [2.75, 3.05) is 11.9 Å². The number of hydrogen-bond acceptors (Lipinski definition) is 3. The fourth-order valence-corrected chi connectivity index (χ4v) is 1.93. The quantitative estimate of drug-likeness (QED) is 0.833. The predicted octanol–water partition coefficient (Wildman–Crippen LogP) is 2.75. The average molecular weight is 251 g/mol. The third kappa shape index (κ3) is 2.26. The first-order chi connectivity index (χ1) is 8.30. The summed E-state index contributed by atoms with van der Waals surface area (Å²) in [6.45, 7) is 5.95. The third-order valence-electron chi connectivity index (χ3n) is 2.86. The normalized spacial score (nSPS) is 16.7. The van der Waals surface area contributed by atoms with Crippen LogP contribution in [0.1, 0.15) is 25.0 Å². The number of fused-ring (bicyclic) bond motifs is 1. The van der Waals surface area contributed by atoms with Gasteiger partial charge < -0.3 is 14.6 Å². The summed E-state index contributed by atoms with van der Waals surface area (Å²) in [6, 6.07) is 3.75. The van der Waals surface area contributed by atoms with E-state index in [2.05, 4.69) is 0 Å². The van der Waals surface area contributed by atoms with Crippen LogP contribution in [-0.2, 0) is 11.3 Å². The number of hydrogen-bond donors (Lipinski definition) is 1. The van der Waals surface area contributed by atoms with Crippen molar-refractivity contribution in [2.45, 2.75) is 33.2 Å². The molecule has 0 radical (unpaired) electrons. The molecule has 1 aromatic rings. The minimum absolute atomic E-state index is 0.421. The first-order valence-corrected chi connectivity index (χ1v) is 5.73. The van der Waals surface area contributed by atoms with Crippen molar-refractivity contribution in [3.63, 3.8) is 0 Å². The number of ether oxygens (including phenoxy) is 2. The molecule has 5 nitrogen and oxygen atoms in total. The summed E-state index contributed by atoms with van der Waals surface area (Å²) in [5.41, 5.74) is 2.40. The molecule has 0 fully saturated rings. The molecule has 98 valence electrons. The Hall–Kier alpha value is -1.75. The zero-order chi connectivity index (χ0) is 13.5. The number of anilines is 1. The molecule has 2 rings (SSSR count). The highest BCUT2D eigenvalue weighted by Gasteiger charge is 2.31. The Bertz CT molecular complexity index is 496. The smallest absolute Gasteiger partial charge is 0.411 e. The number of amides is 1. The van der Waals surface area contributed by atoms with Gasteiger partial charge in [0, 0.05) is 26.5 Å². The maximum atomic E-state index is 11.1. The minimum Gasteiger partial charge on any atom is -0.465 e. The standard InChI is InChI=1S/C13H17NO4/c1-8-5-9-7-17-13(2,3)18-11(9)10(6-8)14(4)12(15)16/h5-6H,7H2,1-4H3,(H,15,16). The van der Waals surface area contributed by atoms with Crippen LogP contribution < -0.4 is 9.64 Å². The molecule has 5 heteroatoms. The largest absolute Gasteiger partial charge is 0.465 e. The molecule has 0 atom stereocenters. The molecule has 0 aromatic heterocycles. The Morgan fingerprint density at radius 2 is 2.11 bits per heavy atom. The van der Waals surface area contributed by atoms with Crippen molar-refractivity contribution < 1.29 is 19.4 Å². The Labute approximate surface area is 106 Å². The van der Waals surface area contributed by atoms with Gasteiger partial charge in [0.1, 0.15) is 0 Å². The lowest BCUT2D eigenvalue weighted by atomic mass is 10.1. The van der Waals surface area contributed by atoms with E-state index in [1.165, 1.54) is 7.05 Å². The number of aryl methyl sites for hydroxylation is 1. The van der Waals surface area contributed by atoms with E-state index < -0.39 is 11.9 Å². The van der Waals surface area contributed by atoms with Crippen molar-refractivity contribution in [2.24, 2.45) is 0 Å². The van der Waals surface area contributed by atoms with Crippen LogP contribution in [0.25, 0.3) is 0 Å². The summed E-state index contributed by atoms with van der Waals surface area (Å²) >= 11 is 0. The summed E-state index contributed by atoms with van der Waals surface area (Å²) in [5.74, 6) is -0.155. The highest BCUT2D eigenvalue weighted by Crippen LogP contribution is 2.39. The molecule has 1 amide bonds. The van der Waals surface area contributed by atoms with Gasteiger partial charge in [0.05, 0.1) is 12.3 Å². The summed E-state index contributed by atoms with van der Waals surface area (Å²) in [6.07, 6.45) is -1.02. The van der Waals surface area contributed by atoms with Gasteiger partial charge in [0.25, 0.3) is 0 Å². The molecular weight excluding hydrogens is 234 g/mol. The van der Waals surface area contributed by atoms with Crippen LogP contribution in [0.15, 0.2) is 12.1 Å². The number of carboxylic acid groups (broad SMARTS) is 1. The van der Waals surface area contributed by atoms with Gasteiger partial charge in [-0.1, -0.05) is 0 Å². The molecule has 0 unspecified atom stereocenters. The fraction of sp³-hybridized carbons (Fsp3) is 0.462. The molecule has 0 bridgehead atoms.